The SMILES string of the molecule is CC1=C(/C=C/C(C)=C/C=C/C(C)=C\C(=O)Nc2ccc(C#N)cc2)C(C)(C)CCC1C. The van der Waals surface area contributed by atoms with Crippen molar-refractivity contribution in [1.29, 1.82) is 5.26 Å². The first-order valence-electron chi connectivity index (χ1n) is 10.9. The number of carbonyl (C=O) groups excluding carboxylic acids is 1. The maximum atomic E-state index is 12.2. The smallest absolute Gasteiger partial charge is 0.248 e. The summed E-state index contributed by atoms with van der Waals surface area (Å²) in [6.45, 7) is 13.2. The van der Waals surface area contributed by atoms with Crippen LogP contribution in [0, 0.1) is 22.7 Å². The van der Waals surface area contributed by atoms with Crippen LogP contribution >= 0.6 is 0 Å². The minimum absolute atomic E-state index is 0.191. The van der Waals surface area contributed by atoms with Gasteiger partial charge in [0.25, 0.3) is 0 Å². The third-order valence-electron chi connectivity index (χ3n) is 5.97. The summed E-state index contributed by atoms with van der Waals surface area (Å²) < 4.78 is 0. The lowest BCUT2D eigenvalue weighted by atomic mass is 9.69. The molecule has 1 N–H and O–H groups in total. The highest BCUT2D eigenvalue weighted by molar-refractivity contribution is 6.00. The highest BCUT2D eigenvalue weighted by Gasteiger charge is 2.29. The first-order chi connectivity index (χ1) is 14.6. The molecular weight excluding hydrogens is 380 g/mol. The Kier molecular flexibility index (Phi) is 8.39. The molecule has 0 fully saturated rings. The number of nitriles is 1. The Morgan fingerprint density at radius 1 is 1.16 bits per heavy atom. The molecular formula is C28H34N2O. The summed E-state index contributed by atoms with van der Waals surface area (Å²) in [6, 6.07) is 8.86. The molecule has 3 heteroatoms. The monoisotopic (exact) mass is 414 g/mol. The molecule has 162 valence electrons. The Balaban J connectivity index is 1.98. The molecule has 0 saturated heterocycles. The Hall–Kier alpha value is -3.12. The Bertz CT molecular complexity index is 992. The fraction of sp³-hybridized carbons (Fsp3) is 0.357. The van der Waals surface area contributed by atoms with Crippen molar-refractivity contribution < 1.29 is 4.79 Å². The van der Waals surface area contributed by atoms with Crippen LogP contribution in [-0.4, -0.2) is 5.91 Å². The molecule has 0 saturated carbocycles. The van der Waals surface area contributed by atoms with E-state index in [1.165, 1.54) is 29.6 Å². The topological polar surface area (TPSA) is 52.9 Å². The van der Waals surface area contributed by atoms with Crippen molar-refractivity contribution in [3.05, 3.63) is 88.6 Å². The zero-order valence-corrected chi connectivity index (χ0v) is 19.6. The third-order valence-corrected chi connectivity index (χ3v) is 5.97. The third kappa shape index (κ3) is 7.26. The van der Waals surface area contributed by atoms with Gasteiger partial charge in [0.2, 0.25) is 5.91 Å². The molecule has 1 atom stereocenters. The van der Waals surface area contributed by atoms with E-state index in [0.29, 0.717) is 17.2 Å². The molecule has 0 spiro atoms. The zero-order chi connectivity index (χ0) is 23.0. The molecule has 1 aliphatic carbocycles. The normalized spacial score (nSPS) is 19.7. The average molecular weight is 415 g/mol. The van der Waals surface area contributed by atoms with Crippen molar-refractivity contribution >= 4 is 11.6 Å². The van der Waals surface area contributed by atoms with Crippen molar-refractivity contribution in [3.63, 3.8) is 0 Å². The summed E-state index contributed by atoms with van der Waals surface area (Å²) in [5.41, 5.74) is 6.45. The highest BCUT2D eigenvalue weighted by Crippen LogP contribution is 2.43. The molecule has 1 unspecified atom stereocenters. The van der Waals surface area contributed by atoms with Gasteiger partial charge >= 0.3 is 0 Å². The van der Waals surface area contributed by atoms with Crippen molar-refractivity contribution in [2.24, 2.45) is 11.3 Å². The lowest BCUT2D eigenvalue weighted by Gasteiger charge is -2.36. The molecule has 2 rings (SSSR count). The maximum Gasteiger partial charge on any atom is 0.248 e. The van der Waals surface area contributed by atoms with E-state index in [1.54, 1.807) is 30.3 Å². The van der Waals surface area contributed by atoms with E-state index in [9.17, 15) is 4.79 Å². The Morgan fingerprint density at radius 3 is 2.48 bits per heavy atom. The summed E-state index contributed by atoms with van der Waals surface area (Å²) >= 11 is 0. The molecule has 0 bridgehead atoms. The number of carbonyl (C=O) groups is 1. The van der Waals surface area contributed by atoms with Gasteiger partial charge in [0, 0.05) is 11.8 Å². The van der Waals surface area contributed by atoms with E-state index in [0.717, 1.165) is 5.57 Å². The summed E-state index contributed by atoms with van der Waals surface area (Å²) in [6.07, 6.45) is 14.5. The van der Waals surface area contributed by atoms with Gasteiger partial charge in [0.05, 0.1) is 11.6 Å². The number of hydrogen-bond donors (Lipinski definition) is 1. The number of nitrogens with one attached hydrogen (secondary N) is 1. The van der Waals surface area contributed by atoms with E-state index < -0.39 is 0 Å². The summed E-state index contributed by atoms with van der Waals surface area (Å²) in [7, 11) is 0. The predicted octanol–water partition coefficient (Wildman–Crippen LogP) is 7.27. The van der Waals surface area contributed by atoms with Gasteiger partial charge in [-0.25, -0.2) is 0 Å². The molecule has 1 aromatic rings. The molecule has 1 amide bonds. The van der Waals surface area contributed by atoms with E-state index in [-0.39, 0.29) is 11.3 Å². The second-order valence-electron chi connectivity index (χ2n) is 9.09. The lowest BCUT2D eigenvalue weighted by molar-refractivity contribution is -0.111. The fourth-order valence-corrected chi connectivity index (χ4v) is 3.77. The summed E-state index contributed by atoms with van der Waals surface area (Å²) in [4.78, 5) is 12.2. The van der Waals surface area contributed by atoms with Crippen LogP contribution in [0.4, 0.5) is 5.69 Å². The van der Waals surface area contributed by atoms with Crippen LogP contribution in [0.15, 0.2) is 83.0 Å². The van der Waals surface area contributed by atoms with Gasteiger partial charge in [-0.3, -0.25) is 4.79 Å². The standard InChI is InChI=1S/C28H34N2O/c1-20(10-15-26-23(4)22(3)16-17-28(26,5)6)8-7-9-21(2)18-27(31)30-25-13-11-24(19-29)12-14-25/h7-15,18,22H,16-17H2,1-6H3,(H,30,31)/b9-7+,15-10+,20-8+,21-18-. The number of hydrogen-bond acceptors (Lipinski definition) is 2. The van der Waals surface area contributed by atoms with Crippen LogP contribution < -0.4 is 5.32 Å². The van der Waals surface area contributed by atoms with Gasteiger partial charge in [0.15, 0.2) is 0 Å². The number of amides is 1. The number of allylic oxidation sites excluding steroid dienone is 9. The fourth-order valence-electron chi connectivity index (χ4n) is 3.77. The number of rotatable bonds is 6. The van der Waals surface area contributed by atoms with Gasteiger partial charge in [-0.2, -0.15) is 5.26 Å². The van der Waals surface area contributed by atoms with Crippen molar-refractivity contribution in [3.8, 4) is 6.07 Å². The first kappa shape index (κ1) is 24.2. The molecule has 3 nitrogen and oxygen atoms in total. The van der Waals surface area contributed by atoms with Gasteiger partial charge in [-0.05, 0) is 80.4 Å². The molecule has 1 aliphatic rings. The molecule has 31 heavy (non-hydrogen) atoms. The van der Waals surface area contributed by atoms with Crippen LogP contribution in [0.2, 0.25) is 0 Å². The second-order valence-corrected chi connectivity index (χ2v) is 9.09. The largest absolute Gasteiger partial charge is 0.323 e. The minimum atomic E-state index is -0.191. The van der Waals surface area contributed by atoms with Crippen LogP contribution in [-0.2, 0) is 4.79 Å². The number of anilines is 1. The number of nitrogens with zero attached hydrogens (tertiary/aromatic N) is 1. The molecule has 1 aromatic carbocycles. The maximum absolute atomic E-state index is 12.2. The van der Waals surface area contributed by atoms with Crippen LogP contribution in [0.5, 0.6) is 0 Å². The Morgan fingerprint density at radius 2 is 1.84 bits per heavy atom. The Labute approximate surface area is 187 Å². The van der Waals surface area contributed by atoms with Gasteiger partial charge < -0.3 is 5.32 Å². The van der Waals surface area contributed by atoms with Crippen LogP contribution in [0.25, 0.3) is 0 Å². The summed E-state index contributed by atoms with van der Waals surface area (Å²) in [5, 5.41) is 11.6. The van der Waals surface area contributed by atoms with Crippen molar-refractivity contribution in [2.45, 2.75) is 54.4 Å². The second kappa shape index (κ2) is 10.8. The summed E-state index contributed by atoms with van der Waals surface area (Å²) in [5.74, 6) is 0.462. The molecule has 0 radical (unpaired) electrons. The van der Waals surface area contributed by atoms with Crippen LogP contribution in [0.1, 0.15) is 59.9 Å². The van der Waals surface area contributed by atoms with Crippen molar-refractivity contribution in [1.82, 2.24) is 0 Å². The van der Waals surface area contributed by atoms with Crippen molar-refractivity contribution in [2.75, 3.05) is 5.32 Å². The van der Waals surface area contributed by atoms with Crippen LogP contribution in [0.3, 0.4) is 0 Å². The minimum Gasteiger partial charge on any atom is -0.323 e. The highest BCUT2D eigenvalue weighted by atomic mass is 16.1. The van der Waals surface area contributed by atoms with E-state index in [4.69, 9.17) is 5.26 Å². The first-order valence-corrected chi connectivity index (χ1v) is 10.9. The van der Waals surface area contributed by atoms with Gasteiger partial charge in [-0.15, -0.1) is 0 Å². The number of benzene rings is 1. The molecule has 0 aliphatic heterocycles. The predicted molar refractivity (Wildman–Crippen MR) is 130 cm³/mol. The van der Waals surface area contributed by atoms with E-state index in [1.807, 2.05) is 19.1 Å². The van der Waals surface area contributed by atoms with Gasteiger partial charge in [0.1, 0.15) is 0 Å². The van der Waals surface area contributed by atoms with E-state index >= 15 is 0 Å². The van der Waals surface area contributed by atoms with E-state index in [2.05, 4.69) is 64.2 Å². The molecule has 0 heterocycles. The zero-order valence-electron chi connectivity index (χ0n) is 19.6. The lowest BCUT2D eigenvalue weighted by Crippen LogP contribution is -2.23. The average Bonchev–Trinajstić information content (AvgIpc) is 2.71. The molecule has 0 aromatic heterocycles. The quantitative estimate of drug-likeness (QED) is 0.393. The van der Waals surface area contributed by atoms with Gasteiger partial charge in [-0.1, -0.05) is 62.3 Å².